The molecule has 0 bridgehead atoms. The molecule has 0 fully saturated rings. The number of nitrogens with zero attached hydrogens (tertiary/aromatic N) is 1. The van der Waals surface area contributed by atoms with Gasteiger partial charge in [-0.25, -0.2) is 0 Å². The van der Waals surface area contributed by atoms with Crippen LogP contribution in [0.4, 0.5) is 17.1 Å². The third-order valence-electron chi connectivity index (χ3n) is 15.7. The molecule has 9 aromatic rings. The first kappa shape index (κ1) is 39.4. The first-order chi connectivity index (χ1) is 32.0. The van der Waals surface area contributed by atoms with Crippen molar-refractivity contribution in [1.29, 1.82) is 0 Å². The number of para-hydroxylation sites is 2. The summed E-state index contributed by atoms with van der Waals surface area (Å²) in [5.74, 6) is 0. The van der Waals surface area contributed by atoms with Crippen molar-refractivity contribution in [3.63, 3.8) is 0 Å². The van der Waals surface area contributed by atoms with Gasteiger partial charge in [0.25, 0.3) is 0 Å². The van der Waals surface area contributed by atoms with Gasteiger partial charge in [0, 0.05) is 17.1 Å². The maximum Gasteiger partial charge on any atom is 0.247 e. The summed E-state index contributed by atoms with van der Waals surface area (Å²) >= 11 is 0. The number of rotatable bonds is 3. The monoisotopic (exact) mass is 861 g/mol. The lowest BCUT2D eigenvalue weighted by Crippen LogP contribution is -2.79. The van der Waals surface area contributed by atoms with Crippen molar-refractivity contribution >= 4 is 69.0 Å². The number of anilines is 3. The Morgan fingerprint density at radius 1 is 0.409 bits per heavy atom. The van der Waals surface area contributed by atoms with Gasteiger partial charge in [-0.05, 0) is 116 Å². The second-order valence-electron chi connectivity index (χ2n) is 21.2. The second-order valence-corrected chi connectivity index (χ2v) is 24.9. The van der Waals surface area contributed by atoms with Crippen LogP contribution in [-0.2, 0) is 16.2 Å². The normalized spacial score (nSPS) is 15.3. The molecule has 0 N–H and O–H groups in total. The molecule has 0 atom stereocenters. The van der Waals surface area contributed by atoms with E-state index in [-0.39, 0.29) is 17.5 Å². The third-order valence-corrected chi connectivity index (χ3v) is 20.5. The molecule has 1 nitrogen and oxygen atoms in total. The van der Waals surface area contributed by atoms with Gasteiger partial charge in [0.15, 0.2) is 8.07 Å². The average Bonchev–Trinajstić information content (AvgIpc) is 3.64. The van der Waals surface area contributed by atoms with E-state index in [4.69, 9.17) is 0 Å². The highest BCUT2D eigenvalue weighted by molar-refractivity contribution is 7.22. The van der Waals surface area contributed by atoms with Gasteiger partial charge in [0.05, 0.1) is 5.41 Å². The van der Waals surface area contributed by atoms with Crippen LogP contribution in [0.25, 0.3) is 22.3 Å². The second kappa shape index (κ2) is 13.8. The van der Waals surface area contributed by atoms with E-state index in [1.165, 1.54) is 110 Å². The Morgan fingerprint density at radius 3 is 1.65 bits per heavy atom. The van der Waals surface area contributed by atoms with Crippen LogP contribution < -0.4 is 42.0 Å². The average molecular weight is 862 g/mol. The van der Waals surface area contributed by atoms with Crippen molar-refractivity contribution < 1.29 is 0 Å². The molecular weight excluding hydrogens is 810 g/mol. The standard InChI is InChI=1S/C63H52BNSi/c1-61(2,3)43-22-19-21-41(37-43)42-38-52-59-56(39-42)65-55-32-17-18-33-57(55)66(45-23-9-7-10-24-45,46-25-11-8-12-26-46)58-34-20-31-54(60(58)65)64(59)53-36-35-44(62(4,5)6)40-51(53)63(52)49-29-15-13-27-47(49)48-28-14-16-30-50(48)63/h7-40H,1-6H3. The number of hydrogen-bond donors (Lipinski definition) is 0. The Bertz CT molecular complexity index is 3380. The molecule has 1 aliphatic carbocycles. The molecule has 316 valence electrons. The van der Waals surface area contributed by atoms with E-state index in [0.29, 0.717) is 0 Å². The Balaban J connectivity index is 1.24. The first-order valence-corrected chi connectivity index (χ1v) is 25.8. The summed E-state index contributed by atoms with van der Waals surface area (Å²) in [5, 5.41) is 5.70. The summed E-state index contributed by atoms with van der Waals surface area (Å²) in [6.45, 7) is 14.1. The van der Waals surface area contributed by atoms with Gasteiger partial charge < -0.3 is 4.90 Å². The highest BCUT2D eigenvalue weighted by Gasteiger charge is 2.58. The van der Waals surface area contributed by atoms with Crippen LogP contribution in [0.3, 0.4) is 0 Å². The molecule has 1 spiro atoms. The molecule has 3 heterocycles. The van der Waals surface area contributed by atoms with Crippen LogP contribution in [0, 0.1) is 0 Å². The summed E-state index contributed by atoms with van der Waals surface area (Å²) in [6, 6.07) is 80.5. The molecule has 0 aromatic heterocycles. The van der Waals surface area contributed by atoms with E-state index in [1.807, 2.05) is 0 Å². The fourth-order valence-corrected chi connectivity index (χ4v) is 18.0. The van der Waals surface area contributed by atoms with E-state index in [2.05, 4.69) is 253 Å². The molecule has 0 radical (unpaired) electrons. The first-order valence-electron chi connectivity index (χ1n) is 23.8. The van der Waals surface area contributed by atoms with Gasteiger partial charge >= 0.3 is 0 Å². The molecule has 4 aliphatic rings. The van der Waals surface area contributed by atoms with Gasteiger partial charge in [-0.15, -0.1) is 0 Å². The molecule has 3 heteroatoms. The minimum absolute atomic E-state index is 0.00107. The highest BCUT2D eigenvalue weighted by Crippen LogP contribution is 2.58. The maximum absolute atomic E-state index is 2.89. The van der Waals surface area contributed by atoms with Gasteiger partial charge in [-0.3, -0.25) is 0 Å². The van der Waals surface area contributed by atoms with Gasteiger partial charge in [0.2, 0.25) is 6.71 Å². The Kier molecular flexibility index (Phi) is 8.24. The zero-order chi connectivity index (χ0) is 44.7. The maximum atomic E-state index is 2.72. The smallest absolute Gasteiger partial charge is 0.247 e. The summed E-state index contributed by atoms with van der Waals surface area (Å²) in [4.78, 5) is 2.72. The van der Waals surface area contributed by atoms with E-state index in [1.54, 1.807) is 0 Å². The quantitative estimate of drug-likeness (QED) is 0.160. The minimum atomic E-state index is -2.89. The van der Waals surface area contributed by atoms with Crippen molar-refractivity contribution in [2.75, 3.05) is 4.90 Å². The molecule has 13 rings (SSSR count). The van der Waals surface area contributed by atoms with Crippen LogP contribution >= 0.6 is 0 Å². The van der Waals surface area contributed by atoms with Crippen molar-refractivity contribution in [3.8, 4) is 22.3 Å². The van der Waals surface area contributed by atoms with E-state index < -0.39 is 13.5 Å². The van der Waals surface area contributed by atoms with Crippen molar-refractivity contribution in [3.05, 3.63) is 240 Å². The van der Waals surface area contributed by atoms with Crippen molar-refractivity contribution in [2.45, 2.75) is 57.8 Å². The lowest BCUT2D eigenvalue weighted by Gasteiger charge is -2.52. The van der Waals surface area contributed by atoms with Gasteiger partial charge in [0.1, 0.15) is 0 Å². The van der Waals surface area contributed by atoms with Crippen LogP contribution in [-0.4, -0.2) is 14.8 Å². The summed E-state index contributed by atoms with van der Waals surface area (Å²) in [6.07, 6.45) is 0. The predicted octanol–water partition coefficient (Wildman–Crippen LogP) is 10.6. The van der Waals surface area contributed by atoms with E-state index >= 15 is 0 Å². The molecule has 0 amide bonds. The molecular formula is C63H52BNSi. The van der Waals surface area contributed by atoms with Crippen LogP contribution in [0.1, 0.15) is 74.9 Å². The Hall–Kier alpha value is -6.94. The molecule has 0 unspecified atom stereocenters. The largest absolute Gasteiger partial charge is 0.312 e. The Labute approximate surface area is 391 Å². The molecule has 0 saturated carbocycles. The summed E-state index contributed by atoms with van der Waals surface area (Å²) in [7, 11) is -2.89. The summed E-state index contributed by atoms with van der Waals surface area (Å²) < 4.78 is 0. The zero-order valence-electron chi connectivity index (χ0n) is 38.7. The van der Waals surface area contributed by atoms with Gasteiger partial charge in [-0.2, -0.15) is 0 Å². The molecule has 66 heavy (non-hydrogen) atoms. The van der Waals surface area contributed by atoms with Crippen LogP contribution in [0.5, 0.6) is 0 Å². The van der Waals surface area contributed by atoms with Crippen molar-refractivity contribution in [2.24, 2.45) is 0 Å². The number of hydrogen-bond acceptors (Lipinski definition) is 1. The lowest BCUT2D eigenvalue weighted by molar-refractivity contribution is 0.588. The van der Waals surface area contributed by atoms with E-state index in [0.717, 1.165) is 0 Å². The highest BCUT2D eigenvalue weighted by atomic mass is 28.3. The van der Waals surface area contributed by atoms with Crippen molar-refractivity contribution in [1.82, 2.24) is 0 Å². The molecule has 3 aliphatic heterocycles. The lowest BCUT2D eigenvalue weighted by atomic mass is 9.29. The topological polar surface area (TPSA) is 3.24 Å². The SMILES string of the molecule is CC(C)(C)c1cccc(-c2cc3c4c(c2)C2(c5cc(C(C)(C)C)ccc5B4c4cccc5c4N3c3ccccc3[Si]5(c3ccccc3)c3ccccc3)c3ccccc3-c3ccccc32)c1. The molecule has 9 aromatic carbocycles. The minimum Gasteiger partial charge on any atom is -0.312 e. The van der Waals surface area contributed by atoms with Crippen LogP contribution in [0.15, 0.2) is 206 Å². The van der Waals surface area contributed by atoms with Crippen LogP contribution in [0.2, 0.25) is 0 Å². The number of fused-ring (bicyclic) bond motifs is 13. The third kappa shape index (κ3) is 5.13. The van der Waals surface area contributed by atoms with E-state index in [9.17, 15) is 0 Å². The van der Waals surface area contributed by atoms with Gasteiger partial charge in [-0.1, -0.05) is 235 Å². The fraction of sp³-hybridized carbons (Fsp3) is 0.143. The fourth-order valence-electron chi connectivity index (χ4n) is 12.8. The summed E-state index contributed by atoms with van der Waals surface area (Å²) in [5.41, 5.74) is 21.0. The zero-order valence-corrected chi connectivity index (χ0v) is 39.7. The predicted molar refractivity (Wildman–Crippen MR) is 283 cm³/mol. The Morgan fingerprint density at radius 2 is 0.985 bits per heavy atom. The number of benzene rings is 9. The molecule has 0 saturated heterocycles.